The van der Waals surface area contributed by atoms with E-state index in [0.29, 0.717) is 6.04 Å². The first-order chi connectivity index (χ1) is 10.1. The SMILES string of the molecule is CC(c1cc(O)ccc1O)N(CC1CC1)CC1CCCN1. The molecule has 2 aliphatic rings. The van der Waals surface area contributed by atoms with Crippen LogP contribution in [0.3, 0.4) is 0 Å². The standard InChI is InChI=1S/C17H26N2O2/c1-12(16-9-15(20)6-7-17(16)21)19(10-13-4-5-13)11-14-3-2-8-18-14/h6-7,9,12-14,18,20-21H,2-5,8,10-11H2,1H3. The molecular formula is C17H26N2O2. The zero-order valence-corrected chi connectivity index (χ0v) is 12.8. The van der Waals surface area contributed by atoms with E-state index < -0.39 is 0 Å². The maximum atomic E-state index is 10.1. The van der Waals surface area contributed by atoms with Crippen molar-refractivity contribution < 1.29 is 10.2 Å². The van der Waals surface area contributed by atoms with E-state index in [-0.39, 0.29) is 17.5 Å². The van der Waals surface area contributed by atoms with Crippen LogP contribution in [0, 0.1) is 5.92 Å². The van der Waals surface area contributed by atoms with Gasteiger partial charge < -0.3 is 15.5 Å². The van der Waals surface area contributed by atoms with Gasteiger partial charge in [0.05, 0.1) is 0 Å². The molecule has 1 aliphatic carbocycles. The molecule has 116 valence electrons. The summed E-state index contributed by atoms with van der Waals surface area (Å²) in [6, 6.07) is 5.51. The molecule has 0 spiro atoms. The van der Waals surface area contributed by atoms with Crippen molar-refractivity contribution in [1.29, 1.82) is 0 Å². The van der Waals surface area contributed by atoms with E-state index >= 15 is 0 Å². The molecule has 1 aliphatic heterocycles. The Morgan fingerprint density at radius 2 is 2.05 bits per heavy atom. The van der Waals surface area contributed by atoms with E-state index in [9.17, 15) is 10.2 Å². The average molecular weight is 290 g/mol. The molecule has 1 saturated carbocycles. The van der Waals surface area contributed by atoms with Crippen molar-refractivity contribution >= 4 is 0 Å². The molecule has 0 amide bonds. The number of nitrogens with zero attached hydrogens (tertiary/aromatic N) is 1. The second-order valence-corrected chi connectivity index (χ2v) is 6.61. The van der Waals surface area contributed by atoms with Crippen LogP contribution in [0.1, 0.15) is 44.2 Å². The van der Waals surface area contributed by atoms with Crippen LogP contribution >= 0.6 is 0 Å². The summed E-state index contributed by atoms with van der Waals surface area (Å²) in [5, 5.41) is 23.4. The molecule has 4 nitrogen and oxygen atoms in total. The van der Waals surface area contributed by atoms with Gasteiger partial charge in [-0.15, -0.1) is 0 Å². The third-order valence-corrected chi connectivity index (χ3v) is 4.82. The van der Waals surface area contributed by atoms with Crippen LogP contribution in [0.4, 0.5) is 0 Å². The van der Waals surface area contributed by atoms with Crippen LogP contribution in [0.5, 0.6) is 11.5 Å². The first kappa shape index (κ1) is 14.7. The Morgan fingerprint density at radius 3 is 2.71 bits per heavy atom. The summed E-state index contributed by atoms with van der Waals surface area (Å²) in [4.78, 5) is 2.47. The highest BCUT2D eigenvalue weighted by Crippen LogP contribution is 2.36. The van der Waals surface area contributed by atoms with Gasteiger partial charge in [0, 0.05) is 30.7 Å². The molecule has 0 bridgehead atoms. The predicted molar refractivity (Wildman–Crippen MR) is 83.5 cm³/mol. The molecule has 2 unspecified atom stereocenters. The number of hydrogen-bond donors (Lipinski definition) is 3. The molecule has 1 heterocycles. The molecule has 21 heavy (non-hydrogen) atoms. The van der Waals surface area contributed by atoms with Gasteiger partial charge in [-0.3, -0.25) is 4.90 Å². The van der Waals surface area contributed by atoms with Crippen molar-refractivity contribution in [3.8, 4) is 11.5 Å². The number of phenols is 2. The number of hydrogen-bond acceptors (Lipinski definition) is 4. The predicted octanol–water partition coefficient (Wildman–Crippen LogP) is 2.62. The largest absolute Gasteiger partial charge is 0.508 e. The van der Waals surface area contributed by atoms with Gasteiger partial charge in [0.1, 0.15) is 11.5 Å². The van der Waals surface area contributed by atoms with Crippen molar-refractivity contribution in [2.75, 3.05) is 19.6 Å². The summed E-state index contributed by atoms with van der Waals surface area (Å²) in [5.74, 6) is 1.31. The van der Waals surface area contributed by atoms with Crippen LogP contribution in [0.15, 0.2) is 18.2 Å². The lowest BCUT2D eigenvalue weighted by Crippen LogP contribution is -2.40. The second kappa shape index (κ2) is 6.24. The Labute approximate surface area is 126 Å². The number of benzene rings is 1. The minimum absolute atomic E-state index is 0.125. The summed E-state index contributed by atoms with van der Waals surface area (Å²) in [6.45, 7) is 5.36. The molecule has 3 N–H and O–H groups in total. The first-order valence-electron chi connectivity index (χ1n) is 8.13. The van der Waals surface area contributed by atoms with E-state index in [1.54, 1.807) is 12.1 Å². The lowest BCUT2D eigenvalue weighted by atomic mass is 10.0. The van der Waals surface area contributed by atoms with Crippen molar-refractivity contribution in [1.82, 2.24) is 10.2 Å². The van der Waals surface area contributed by atoms with Gasteiger partial charge in [-0.1, -0.05) is 0 Å². The average Bonchev–Trinajstić information content (AvgIpc) is 3.13. The van der Waals surface area contributed by atoms with Gasteiger partial charge in [-0.25, -0.2) is 0 Å². The molecular weight excluding hydrogens is 264 g/mol. The van der Waals surface area contributed by atoms with Crippen LogP contribution in [-0.2, 0) is 0 Å². The van der Waals surface area contributed by atoms with E-state index in [0.717, 1.165) is 31.1 Å². The summed E-state index contributed by atoms with van der Waals surface area (Å²) in [6.07, 6.45) is 5.15. The number of nitrogens with one attached hydrogen (secondary N) is 1. The third kappa shape index (κ3) is 3.69. The third-order valence-electron chi connectivity index (χ3n) is 4.82. The Bertz CT molecular complexity index is 482. The molecule has 0 radical (unpaired) electrons. The second-order valence-electron chi connectivity index (χ2n) is 6.61. The highest BCUT2D eigenvalue weighted by molar-refractivity contribution is 5.40. The van der Waals surface area contributed by atoms with E-state index in [4.69, 9.17) is 0 Å². The minimum Gasteiger partial charge on any atom is -0.508 e. The maximum Gasteiger partial charge on any atom is 0.120 e. The Balaban J connectivity index is 1.74. The molecule has 0 aromatic heterocycles. The van der Waals surface area contributed by atoms with Crippen LogP contribution in [0.2, 0.25) is 0 Å². The van der Waals surface area contributed by atoms with Crippen molar-refractivity contribution in [3.05, 3.63) is 23.8 Å². The van der Waals surface area contributed by atoms with E-state index in [1.807, 2.05) is 0 Å². The van der Waals surface area contributed by atoms with Gasteiger partial charge in [0.25, 0.3) is 0 Å². The van der Waals surface area contributed by atoms with Crippen LogP contribution in [-0.4, -0.2) is 40.8 Å². The van der Waals surface area contributed by atoms with Gasteiger partial charge in [-0.2, -0.15) is 0 Å². The maximum absolute atomic E-state index is 10.1. The van der Waals surface area contributed by atoms with E-state index in [2.05, 4.69) is 17.1 Å². The van der Waals surface area contributed by atoms with Gasteiger partial charge >= 0.3 is 0 Å². The number of aromatic hydroxyl groups is 2. The first-order valence-corrected chi connectivity index (χ1v) is 8.13. The zero-order chi connectivity index (χ0) is 14.8. The number of rotatable bonds is 6. The summed E-state index contributed by atoms with van der Waals surface area (Å²) < 4.78 is 0. The minimum atomic E-state index is 0.125. The van der Waals surface area contributed by atoms with Crippen LogP contribution < -0.4 is 5.32 Å². The Hall–Kier alpha value is -1.26. The molecule has 2 atom stereocenters. The Kier molecular flexibility index (Phi) is 4.36. The molecule has 1 aromatic carbocycles. The molecule has 1 aromatic rings. The zero-order valence-electron chi connectivity index (χ0n) is 12.8. The van der Waals surface area contributed by atoms with Crippen molar-refractivity contribution in [2.45, 2.75) is 44.7 Å². The topological polar surface area (TPSA) is 55.7 Å². The smallest absolute Gasteiger partial charge is 0.120 e. The lowest BCUT2D eigenvalue weighted by Gasteiger charge is -2.32. The molecule has 2 fully saturated rings. The molecule has 3 rings (SSSR count). The summed E-state index contributed by atoms with van der Waals surface area (Å²) >= 11 is 0. The van der Waals surface area contributed by atoms with E-state index in [1.165, 1.54) is 31.7 Å². The van der Waals surface area contributed by atoms with Crippen molar-refractivity contribution in [2.24, 2.45) is 5.92 Å². The highest BCUT2D eigenvalue weighted by atomic mass is 16.3. The quantitative estimate of drug-likeness (QED) is 0.705. The van der Waals surface area contributed by atoms with Gasteiger partial charge in [0.15, 0.2) is 0 Å². The fourth-order valence-corrected chi connectivity index (χ4v) is 3.29. The monoisotopic (exact) mass is 290 g/mol. The number of phenolic OH excluding ortho intramolecular Hbond substituents is 2. The molecule has 1 saturated heterocycles. The van der Waals surface area contributed by atoms with Gasteiger partial charge in [0.2, 0.25) is 0 Å². The lowest BCUT2D eigenvalue weighted by molar-refractivity contribution is 0.181. The Morgan fingerprint density at radius 1 is 1.24 bits per heavy atom. The van der Waals surface area contributed by atoms with Crippen molar-refractivity contribution in [3.63, 3.8) is 0 Å². The fourth-order valence-electron chi connectivity index (χ4n) is 3.29. The highest BCUT2D eigenvalue weighted by Gasteiger charge is 2.30. The van der Waals surface area contributed by atoms with Crippen LogP contribution in [0.25, 0.3) is 0 Å². The summed E-state index contributed by atoms with van der Waals surface area (Å²) in [5.41, 5.74) is 0.827. The summed E-state index contributed by atoms with van der Waals surface area (Å²) in [7, 11) is 0. The van der Waals surface area contributed by atoms with Gasteiger partial charge in [-0.05, 0) is 63.3 Å². The normalized spacial score (nSPS) is 23.6. The molecule has 4 heteroatoms. The fraction of sp³-hybridized carbons (Fsp3) is 0.647.